The molecule has 2 amide bonds. The van der Waals surface area contributed by atoms with Crippen molar-refractivity contribution in [2.45, 2.75) is 132 Å². The summed E-state index contributed by atoms with van der Waals surface area (Å²) in [5.41, 5.74) is 1.28. The minimum atomic E-state index is -1.16. The van der Waals surface area contributed by atoms with Gasteiger partial charge < -0.3 is 39.8 Å². The number of carbonyl (C=O) groups is 4. The molecule has 4 aliphatic heterocycles. The molecular formula is C36H48N2O10. The lowest BCUT2D eigenvalue weighted by Gasteiger charge is -2.37. The molecule has 8 atom stereocenters. The molecule has 2 aliphatic carbocycles. The summed E-state index contributed by atoms with van der Waals surface area (Å²) in [7, 11) is 0. The number of carbonyl (C=O) groups excluding carboxylic acids is 2. The Bertz CT molecular complexity index is 1370. The van der Waals surface area contributed by atoms with Crippen molar-refractivity contribution in [2.24, 2.45) is 11.8 Å². The standard InChI is InChI=1S/C36H48N2O10/c1-20-24-12-10-22(8-5-14-34(3)28(47-34)26(24)45-30(20)39)18-36(38-33(43)44,16-7-17-37-32(41)42)19-23-9-6-15-35(4)29(48-35)27-25(13-11-23)21(2)31(40)46-27/h8-9,24-29,37-38H,1-2,5-7,10-19H2,3-4H3,(H,41,42)(H,43,44)/b22-8+,23-9+/t24-,25-,26-,27-,28-,29-,34+,35+/m0/s1. The van der Waals surface area contributed by atoms with Crippen LogP contribution in [-0.4, -0.2) is 82.0 Å². The molecule has 0 spiro atoms. The Kier molecular flexibility index (Phi) is 9.27. The van der Waals surface area contributed by atoms with Crippen LogP contribution in [0, 0.1) is 11.8 Å². The summed E-state index contributed by atoms with van der Waals surface area (Å²) >= 11 is 0. The lowest BCUT2D eigenvalue weighted by molar-refractivity contribution is -0.140. The predicted octanol–water partition coefficient (Wildman–Crippen LogP) is 5.33. The highest BCUT2D eigenvalue weighted by molar-refractivity contribution is 5.91. The van der Waals surface area contributed by atoms with E-state index in [2.05, 4.69) is 35.9 Å². The van der Waals surface area contributed by atoms with Gasteiger partial charge in [-0.15, -0.1) is 0 Å². The van der Waals surface area contributed by atoms with Gasteiger partial charge in [0.1, 0.15) is 24.4 Å². The van der Waals surface area contributed by atoms with E-state index in [0.717, 1.165) is 36.8 Å². The maximum absolute atomic E-state index is 12.5. The fourth-order valence-corrected chi connectivity index (χ4v) is 8.67. The van der Waals surface area contributed by atoms with Crippen LogP contribution in [0.3, 0.4) is 0 Å². The average molecular weight is 669 g/mol. The number of esters is 2. The van der Waals surface area contributed by atoms with Crippen LogP contribution in [0.2, 0.25) is 0 Å². The summed E-state index contributed by atoms with van der Waals surface area (Å²) < 4.78 is 23.6. The van der Waals surface area contributed by atoms with Gasteiger partial charge in [0.05, 0.1) is 16.7 Å². The number of ether oxygens (including phenoxy) is 4. The van der Waals surface area contributed by atoms with Crippen molar-refractivity contribution >= 4 is 24.1 Å². The second kappa shape index (κ2) is 13.0. The summed E-state index contributed by atoms with van der Waals surface area (Å²) in [6.07, 6.45) is 7.99. The van der Waals surface area contributed by atoms with E-state index in [9.17, 15) is 29.4 Å². The molecule has 0 aromatic carbocycles. The zero-order valence-electron chi connectivity index (χ0n) is 27.9. The second-order valence-electron chi connectivity index (χ2n) is 15.0. The Morgan fingerprint density at radius 1 is 0.854 bits per heavy atom. The first-order valence-corrected chi connectivity index (χ1v) is 17.2. The van der Waals surface area contributed by atoms with Crippen molar-refractivity contribution in [1.29, 1.82) is 0 Å². The van der Waals surface area contributed by atoms with E-state index in [0.29, 0.717) is 62.5 Å². The summed E-state index contributed by atoms with van der Waals surface area (Å²) in [4.78, 5) is 48.8. The summed E-state index contributed by atoms with van der Waals surface area (Å²) in [6.45, 7) is 12.3. The van der Waals surface area contributed by atoms with Gasteiger partial charge in [-0.3, -0.25) is 0 Å². The SMILES string of the molecule is C=C1C(=O)O[C@H]2[C@H]1CC/C(CC(CCCNC(=O)O)(C/C1=C/CC[C@@]3(C)O[C@H]3[C@H]3OC(=O)C(=C)[C@@H]3CC1)NC(=O)O)=C\CC[C@@]1(C)O[C@@H]21. The average Bonchev–Trinajstić information content (AvgIpc) is 3.82. The van der Waals surface area contributed by atoms with Gasteiger partial charge in [0, 0.05) is 29.5 Å². The minimum absolute atomic E-state index is 0.162. The zero-order valence-corrected chi connectivity index (χ0v) is 27.9. The second-order valence-corrected chi connectivity index (χ2v) is 15.0. The van der Waals surface area contributed by atoms with E-state index >= 15 is 0 Å². The van der Waals surface area contributed by atoms with E-state index in [4.69, 9.17) is 18.9 Å². The number of hydrogen-bond acceptors (Lipinski definition) is 8. The number of rotatable bonds is 9. The van der Waals surface area contributed by atoms with Crippen molar-refractivity contribution in [3.8, 4) is 0 Å². The van der Waals surface area contributed by atoms with Gasteiger partial charge in [-0.1, -0.05) is 36.5 Å². The van der Waals surface area contributed by atoms with Crippen molar-refractivity contribution in [3.63, 3.8) is 0 Å². The highest BCUT2D eigenvalue weighted by Crippen LogP contribution is 2.52. The van der Waals surface area contributed by atoms with Crippen LogP contribution in [0.25, 0.3) is 0 Å². The third kappa shape index (κ3) is 7.05. The maximum atomic E-state index is 12.5. The molecule has 0 bridgehead atoms. The van der Waals surface area contributed by atoms with Crippen molar-refractivity contribution in [2.75, 3.05) is 6.54 Å². The smallest absolute Gasteiger partial charge is 0.405 e. The Morgan fingerprint density at radius 3 is 1.77 bits per heavy atom. The molecule has 0 saturated carbocycles. The number of fused-ring (bicyclic) bond motifs is 6. The first kappa shape index (κ1) is 34.2. The third-order valence-electron chi connectivity index (χ3n) is 11.5. The fourth-order valence-electron chi connectivity index (χ4n) is 8.67. The molecule has 4 saturated heterocycles. The van der Waals surface area contributed by atoms with Gasteiger partial charge in [0.15, 0.2) is 0 Å². The van der Waals surface area contributed by atoms with Crippen LogP contribution in [0.1, 0.15) is 90.9 Å². The van der Waals surface area contributed by atoms with E-state index in [-0.39, 0.29) is 54.7 Å². The quantitative estimate of drug-likeness (QED) is 0.0826. The van der Waals surface area contributed by atoms with Crippen LogP contribution < -0.4 is 10.6 Å². The monoisotopic (exact) mass is 668 g/mol. The van der Waals surface area contributed by atoms with E-state index in [1.165, 1.54) is 0 Å². The topological polar surface area (TPSA) is 176 Å². The zero-order chi connectivity index (χ0) is 34.4. The molecule has 4 fully saturated rings. The Balaban J connectivity index is 1.28. The minimum Gasteiger partial charge on any atom is -0.465 e. The lowest BCUT2D eigenvalue weighted by atomic mass is 9.75. The predicted molar refractivity (Wildman–Crippen MR) is 173 cm³/mol. The van der Waals surface area contributed by atoms with E-state index in [1.54, 1.807) is 0 Å². The molecule has 0 radical (unpaired) electrons. The van der Waals surface area contributed by atoms with E-state index in [1.807, 2.05) is 13.8 Å². The molecule has 6 rings (SSSR count). The lowest BCUT2D eigenvalue weighted by Crippen LogP contribution is -2.49. The Morgan fingerprint density at radius 2 is 1.33 bits per heavy atom. The number of hydrogen-bond donors (Lipinski definition) is 4. The van der Waals surface area contributed by atoms with Crippen LogP contribution in [0.15, 0.2) is 47.6 Å². The number of allylic oxidation sites excluding steroid dienone is 2. The Labute approximate surface area is 281 Å². The first-order valence-electron chi connectivity index (χ1n) is 17.2. The largest absolute Gasteiger partial charge is 0.465 e. The summed E-state index contributed by atoms with van der Waals surface area (Å²) in [5.74, 6) is -1.17. The highest BCUT2D eigenvalue weighted by Gasteiger charge is 2.62. The van der Waals surface area contributed by atoms with Crippen molar-refractivity contribution in [1.82, 2.24) is 10.6 Å². The number of epoxide rings is 2. The van der Waals surface area contributed by atoms with Gasteiger partial charge >= 0.3 is 24.1 Å². The van der Waals surface area contributed by atoms with E-state index < -0.39 is 28.9 Å². The summed E-state index contributed by atoms with van der Waals surface area (Å²) in [6, 6.07) is 0. The molecule has 262 valence electrons. The van der Waals surface area contributed by atoms with Crippen molar-refractivity contribution in [3.05, 3.63) is 47.6 Å². The highest BCUT2D eigenvalue weighted by atomic mass is 16.7. The van der Waals surface area contributed by atoms with Gasteiger partial charge in [-0.2, -0.15) is 0 Å². The molecular weight excluding hydrogens is 620 g/mol. The fraction of sp³-hybridized carbons (Fsp3) is 0.667. The number of amides is 2. The molecule has 4 heterocycles. The molecule has 0 unspecified atom stereocenters. The van der Waals surface area contributed by atoms with Crippen LogP contribution in [-0.2, 0) is 28.5 Å². The third-order valence-corrected chi connectivity index (χ3v) is 11.5. The molecule has 4 N–H and O–H groups in total. The molecule has 0 aromatic heterocycles. The maximum Gasteiger partial charge on any atom is 0.405 e. The van der Waals surface area contributed by atoms with Crippen LogP contribution in [0.4, 0.5) is 9.59 Å². The number of carboxylic acid groups (broad SMARTS) is 2. The molecule has 6 aliphatic rings. The summed E-state index contributed by atoms with van der Waals surface area (Å²) in [5, 5.41) is 24.7. The molecule has 0 aromatic rings. The Hall–Kier alpha value is -3.64. The molecule has 48 heavy (non-hydrogen) atoms. The normalized spacial score (nSPS) is 39.3. The molecule has 12 nitrogen and oxygen atoms in total. The molecule has 12 heteroatoms. The van der Waals surface area contributed by atoms with Gasteiger partial charge in [-0.05, 0) is 90.9 Å². The first-order chi connectivity index (χ1) is 22.7. The van der Waals surface area contributed by atoms with Crippen LogP contribution in [0.5, 0.6) is 0 Å². The number of nitrogens with one attached hydrogen (secondary N) is 2. The van der Waals surface area contributed by atoms with Crippen molar-refractivity contribution < 1.29 is 48.3 Å². The van der Waals surface area contributed by atoms with Crippen LogP contribution >= 0.6 is 0 Å². The van der Waals surface area contributed by atoms with Gasteiger partial charge in [-0.25, -0.2) is 19.2 Å². The van der Waals surface area contributed by atoms with Gasteiger partial charge in [0.2, 0.25) is 0 Å². The van der Waals surface area contributed by atoms with Gasteiger partial charge in [0.25, 0.3) is 0 Å².